The maximum absolute atomic E-state index is 13.2. The molecule has 3 amide bonds. The summed E-state index contributed by atoms with van der Waals surface area (Å²) >= 11 is 0. The molecule has 0 bridgehead atoms. The van der Waals surface area contributed by atoms with E-state index >= 15 is 0 Å². The van der Waals surface area contributed by atoms with Crippen LogP contribution in [0.5, 0.6) is 0 Å². The van der Waals surface area contributed by atoms with E-state index in [9.17, 15) is 48.7 Å². The standard InChI is InChI=1S/C27H52N8O12P2/c1-28-27(44)21(4-2-3-5-29-22(36)14-35(19-48)20-49(45,46)47)30-23(37)15-31-6-8-32(16-24(38)39)10-12-34(18-26(42)43)13-11-33(9-7-31)17-25(40)41/h21H,2-20,48H2,1H3,(H,28,44)(H,29,36)(H,30,37)(H,38,39)(H,40,41)(H,42,43)(H2,45,46,47). The minimum atomic E-state index is -4.32. The highest BCUT2D eigenvalue weighted by atomic mass is 31.2. The molecule has 0 aromatic carbocycles. The summed E-state index contributed by atoms with van der Waals surface area (Å²) in [4.78, 5) is 98.5. The molecule has 0 aliphatic carbocycles. The lowest BCUT2D eigenvalue weighted by atomic mass is 10.1. The Balaban J connectivity index is 2.83. The average Bonchev–Trinajstić information content (AvgIpc) is 2.99. The van der Waals surface area contributed by atoms with Crippen LogP contribution < -0.4 is 16.0 Å². The van der Waals surface area contributed by atoms with E-state index < -0.39 is 55.6 Å². The summed E-state index contributed by atoms with van der Waals surface area (Å²) in [7, 11) is -0.585. The quantitative estimate of drug-likeness (QED) is 0.0440. The Labute approximate surface area is 287 Å². The minimum Gasteiger partial charge on any atom is -0.480 e. The molecule has 22 heteroatoms. The lowest BCUT2D eigenvalue weighted by Crippen LogP contribution is -2.52. The second-order valence-electron chi connectivity index (χ2n) is 11.7. The third-order valence-electron chi connectivity index (χ3n) is 7.52. The number of amides is 3. The molecule has 0 radical (unpaired) electrons. The zero-order chi connectivity index (χ0) is 37.0. The monoisotopic (exact) mass is 742 g/mol. The summed E-state index contributed by atoms with van der Waals surface area (Å²) in [6, 6.07) is -0.885. The van der Waals surface area contributed by atoms with E-state index in [2.05, 4.69) is 25.2 Å². The normalized spacial score (nSPS) is 17.0. The van der Waals surface area contributed by atoms with Crippen LogP contribution in [0.4, 0.5) is 0 Å². The van der Waals surface area contributed by atoms with Crippen LogP contribution in [-0.4, -0.2) is 203 Å². The smallest absolute Gasteiger partial charge is 0.339 e. The van der Waals surface area contributed by atoms with Gasteiger partial charge in [-0.25, -0.2) is 0 Å². The van der Waals surface area contributed by atoms with Gasteiger partial charge in [0, 0.05) is 72.2 Å². The van der Waals surface area contributed by atoms with Gasteiger partial charge >= 0.3 is 25.5 Å². The average molecular weight is 743 g/mol. The number of carbonyl (C=O) groups is 6. The molecule has 49 heavy (non-hydrogen) atoms. The van der Waals surface area contributed by atoms with Crippen molar-refractivity contribution in [3.05, 3.63) is 0 Å². The molecule has 1 rings (SSSR count). The number of hydrogen-bond donors (Lipinski definition) is 8. The van der Waals surface area contributed by atoms with Gasteiger partial charge in [-0.15, -0.1) is 9.24 Å². The SMILES string of the molecule is CNC(=O)C(CCCCNC(=O)CN(CP)CP(=O)(O)O)NC(=O)CN1CCN(CC(=O)O)CCN(CC(=O)O)CCN(CC(=O)O)CC1. The van der Waals surface area contributed by atoms with Crippen molar-refractivity contribution in [2.75, 3.05) is 111 Å². The fourth-order valence-electron chi connectivity index (χ4n) is 5.06. The first-order valence-electron chi connectivity index (χ1n) is 15.8. The van der Waals surface area contributed by atoms with Gasteiger partial charge in [0.1, 0.15) is 12.3 Å². The Morgan fingerprint density at radius 1 is 0.735 bits per heavy atom. The largest absolute Gasteiger partial charge is 0.480 e. The molecule has 0 aromatic rings. The van der Waals surface area contributed by atoms with E-state index in [1.54, 1.807) is 19.6 Å². The van der Waals surface area contributed by atoms with Crippen LogP contribution in [-0.2, 0) is 33.3 Å². The molecule has 0 spiro atoms. The third-order valence-corrected chi connectivity index (χ3v) is 8.81. The number of aliphatic carboxylic acids is 3. The van der Waals surface area contributed by atoms with Gasteiger partial charge in [-0.05, 0) is 19.3 Å². The van der Waals surface area contributed by atoms with Crippen LogP contribution in [0.1, 0.15) is 19.3 Å². The van der Waals surface area contributed by atoms with Gasteiger partial charge in [-0.1, -0.05) is 0 Å². The van der Waals surface area contributed by atoms with E-state index in [4.69, 9.17) is 9.79 Å². The van der Waals surface area contributed by atoms with Crippen molar-refractivity contribution < 1.29 is 58.4 Å². The van der Waals surface area contributed by atoms with Gasteiger partial charge in [0.05, 0.1) is 32.7 Å². The number of rotatable bonds is 20. The van der Waals surface area contributed by atoms with Crippen molar-refractivity contribution in [1.29, 1.82) is 0 Å². The second-order valence-corrected chi connectivity index (χ2v) is 13.7. The molecule has 1 saturated heterocycles. The van der Waals surface area contributed by atoms with E-state index in [1.807, 2.05) is 0 Å². The summed E-state index contributed by atoms with van der Waals surface area (Å²) in [5, 5.41) is 36.0. The molecular formula is C27H52N8O12P2. The zero-order valence-electron chi connectivity index (χ0n) is 27.9. The van der Waals surface area contributed by atoms with Gasteiger partial charge in [-0.2, -0.15) is 0 Å². The van der Waals surface area contributed by atoms with Crippen molar-refractivity contribution >= 4 is 52.5 Å². The third kappa shape index (κ3) is 21.8. The maximum Gasteiger partial charge on any atom is 0.339 e. The predicted octanol–water partition coefficient (Wildman–Crippen LogP) is -3.75. The van der Waals surface area contributed by atoms with Gasteiger partial charge in [0.25, 0.3) is 0 Å². The van der Waals surface area contributed by atoms with Crippen LogP contribution in [0.2, 0.25) is 0 Å². The Bertz CT molecular complexity index is 1120. The highest BCUT2D eigenvalue weighted by Gasteiger charge is 2.24. The molecule has 1 aliphatic rings. The highest BCUT2D eigenvalue weighted by Crippen LogP contribution is 2.35. The number of carbonyl (C=O) groups excluding carboxylic acids is 3. The number of nitrogens with zero attached hydrogens (tertiary/aromatic N) is 5. The number of unbranched alkanes of at least 4 members (excludes halogenated alkanes) is 1. The van der Waals surface area contributed by atoms with Crippen molar-refractivity contribution in [1.82, 2.24) is 40.4 Å². The molecule has 20 nitrogen and oxygen atoms in total. The van der Waals surface area contributed by atoms with E-state index in [0.29, 0.717) is 12.8 Å². The Morgan fingerprint density at radius 3 is 1.53 bits per heavy atom. The molecule has 282 valence electrons. The summed E-state index contributed by atoms with van der Waals surface area (Å²) in [6.07, 6.45) is 0.804. The molecular weight excluding hydrogens is 690 g/mol. The van der Waals surface area contributed by atoms with Gasteiger partial charge in [0.2, 0.25) is 17.7 Å². The van der Waals surface area contributed by atoms with Crippen LogP contribution >= 0.6 is 16.8 Å². The molecule has 0 saturated carbocycles. The number of carboxylic acid groups (broad SMARTS) is 3. The summed E-state index contributed by atoms with van der Waals surface area (Å²) in [6.45, 7) is 0.924. The Kier molecular flexibility index (Phi) is 21.3. The number of likely N-dealkylation sites (N-methyl/N-ethyl adjacent to an activating group) is 1. The molecule has 0 aromatic heterocycles. The summed E-state index contributed by atoms with van der Waals surface area (Å²) in [5.41, 5.74) is 0. The fraction of sp³-hybridized carbons (Fsp3) is 0.778. The first-order valence-corrected chi connectivity index (χ1v) is 18.4. The summed E-state index contributed by atoms with van der Waals surface area (Å²) in [5.74, 6) is -4.51. The Hall–Kier alpha value is -2.80. The molecule has 2 unspecified atom stereocenters. The molecule has 8 N–H and O–H groups in total. The van der Waals surface area contributed by atoms with Gasteiger partial charge in [-0.3, -0.25) is 57.8 Å². The Morgan fingerprint density at radius 2 is 1.16 bits per heavy atom. The van der Waals surface area contributed by atoms with Crippen LogP contribution in [0, 0.1) is 0 Å². The second kappa shape index (κ2) is 23.6. The van der Waals surface area contributed by atoms with Crippen molar-refractivity contribution in [3.8, 4) is 0 Å². The molecule has 1 heterocycles. The number of nitrogens with one attached hydrogen (secondary N) is 3. The fourth-order valence-corrected chi connectivity index (χ4v) is 6.28. The van der Waals surface area contributed by atoms with Crippen molar-refractivity contribution in [3.63, 3.8) is 0 Å². The first kappa shape index (κ1) is 44.2. The minimum absolute atomic E-state index is 0.155. The van der Waals surface area contributed by atoms with Crippen LogP contribution in [0.15, 0.2) is 0 Å². The van der Waals surface area contributed by atoms with Gasteiger partial charge in [0.15, 0.2) is 0 Å². The predicted molar refractivity (Wildman–Crippen MR) is 180 cm³/mol. The maximum atomic E-state index is 13.2. The lowest BCUT2D eigenvalue weighted by molar-refractivity contribution is -0.140. The van der Waals surface area contributed by atoms with Crippen LogP contribution in [0.3, 0.4) is 0 Å². The van der Waals surface area contributed by atoms with Gasteiger partial charge < -0.3 is 41.1 Å². The van der Waals surface area contributed by atoms with Crippen molar-refractivity contribution in [2.24, 2.45) is 0 Å². The zero-order valence-corrected chi connectivity index (χ0v) is 29.9. The topological polar surface area (TPSA) is 273 Å². The van der Waals surface area contributed by atoms with E-state index in [1.165, 1.54) is 11.9 Å². The van der Waals surface area contributed by atoms with Crippen LogP contribution in [0.25, 0.3) is 0 Å². The summed E-state index contributed by atoms with van der Waals surface area (Å²) < 4.78 is 11.2. The van der Waals surface area contributed by atoms with Crippen molar-refractivity contribution in [2.45, 2.75) is 25.3 Å². The number of hydrogen-bond acceptors (Lipinski definition) is 12. The lowest BCUT2D eigenvalue weighted by Gasteiger charge is -2.33. The first-order chi connectivity index (χ1) is 23.0. The molecule has 2 atom stereocenters. The van der Waals surface area contributed by atoms with E-state index in [0.717, 1.165) is 0 Å². The van der Waals surface area contributed by atoms with E-state index in [-0.39, 0.29) is 104 Å². The molecule has 1 aliphatic heterocycles. The number of carboxylic acids is 3. The molecule has 1 fully saturated rings. The highest BCUT2D eigenvalue weighted by molar-refractivity contribution is 7.51.